The van der Waals surface area contributed by atoms with Crippen molar-refractivity contribution in [2.24, 2.45) is 0 Å². The Morgan fingerprint density at radius 2 is 2.07 bits per heavy atom. The van der Waals surface area contributed by atoms with Crippen LogP contribution in [0.5, 0.6) is 5.75 Å². The standard InChI is InChI=1S/C20H21N3O4S/c1-13(17-4-3-11-26-17)23(15-7-8-15)18(24)12-28-20-22-21-19(27-20)14-5-9-16(25-2)10-6-14/h3-6,9-11,13,15H,7-8,12H2,1-2H3. The van der Waals surface area contributed by atoms with Gasteiger partial charge in [0.15, 0.2) is 0 Å². The second-order valence-electron chi connectivity index (χ2n) is 6.61. The number of carbonyl (C=O) groups excluding carboxylic acids is 1. The number of hydrogen-bond donors (Lipinski definition) is 0. The van der Waals surface area contributed by atoms with Gasteiger partial charge < -0.3 is 18.5 Å². The Morgan fingerprint density at radius 1 is 1.29 bits per heavy atom. The topological polar surface area (TPSA) is 81.6 Å². The van der Waals surface area contributed by atoms with Crippen molar-refractivity contribution >= 4 is 17.7 Å². The molecule has 3 aromatic rings. The van der Waals surface area contributed by atoms with Crippen LogP contribution in [0.4, 0.5) is 0 Å². The lowest BCUT2D eigenvalue weighted by Crippen LogP contribution is -2.36. The molecule has 8 heteroatoms. The minimum absolute atomic E-state index is 0.0422. The summed E-state index contributed by atoms with van der Waals surface area (Å²) in [5, 5.41) is 8.49. The molecule has 1 atom stereocenters. The van der Waals surface area contributed by atoms with Gasteiger partial charge in [-0.15, -0.1) is 10.2 Å². The van der Waals surface area contributed by atoms with Gasteiger partial charge in [-0.3, -0.25) is 4.79 Å². The molecule has 2 aromatic heterocycles. The average molecular weight is 399 g/mol. The Balaban J connectivity index is 1.39. The predicted octanol–water partition coefficient (Wildman–Crippen LogP) is 4.18. The second-order valence-corrected chi connectivity index (χ2v) is 7.54. The molecule has 2 heterocycles. The summed E-state index contributed by atoms with van der Waals surface area (Å²) in [5.74, 6) is 2.26. The number of nitrogens with zero attached hydrogens (tertiary/aromatic N) is 3. The zero-order valence-corrected chi connectivity index (χ0v) is 16.5. The van der Waals surface area contributed by atoms with Gasteiger partial charge in [-0.05, 0) is 56.2 Å². The van der Waals surface area contributed by atoms with E-state index < -0.39 is 0 Å². The van der Waals surface area contributed by atoms with E-state index in [1.807, 2.05) is 48.2 Å². The van der Waals surface area contributed by atoms with Gasteiger partial charge in [0.2, 0.25) is 11.8 Å². The normalized spacial score (nSPS) is 14.6. The molecule has 1 amide bonds. The molecule has 0 bridgehead atoms. The molecule has 1 aromatic carbocycles. The molecule has 7 nitrogen and oxygen atoms in total. The summed E-state index contributed by atoms with van der Waals surface area (Å²) >= 11 is 1.25. The SMILES string of the molecule is COc1ccc(-c2nnc(SCC(=O)N(C3CC3)C(C)c3ccco3)o2)cc1. The fraction of sp³-hybridized carbons (Fsp3) is 0.350. The molecule has 0 N–H and O–H groups in total. The van der Waals surface area contributed by atoms with Gasteiger partial charge in [0.05, 0.1) is 25.2 Å². The summed E-state index contributed by atoms with van der Waals surface area (Å²) in [6.07, 6.45) is 3.70. The molecule has 0 saturated heterocycles. The van der Waals surface area contributed by atoms with Crippen LogP contribution in [0.15, 0.2) is 56.7 Å². The number of amides is 1. The van der Waals surface area contributed by atoms with Crippen molar-refractivity contribution in [3.63, 3.8) is 0 Å². The first-order valence-electron chi connectivity index (χ1n) is 9.11. The highest BCUT2D eigenvalue weighted by atomic mass is 32.2. The van der Waals surface area contributed by atoms with Crippen molar-refractivity contribution in [1.29, 1.82) is 0 Å². The highest BCUT2D eigenvalue weighted by Gasteiger charge is 2.37. The van der Waals surface area contributed by atoms with E-state index in [0.717, 1.165) is 29.9 Å². The maximum Gasteiger partial charge on any atom is 0.277 e. The number of hydrogen-bond acceptors (Lipinski definition) is 7. The number of furan rings is 1. The highest BCUT2D eigenvalue weighted by molar-refractivity contribution is 7.99. The van der Waals surface area contributed by atoms with Gasteiger partial charge in [0.1, 0.15) is 11.5 Å². The lowest BCUT2D eigenvalue weighted by atomic mass is 10.2. The van der Waals surface area contributed by atoms with Gasteiger partial charge in [-0.25, -0.2) is 0 Å². The number of rotatable bonds is 8. The first kappa shape index (κ1) is 18.6. The first-order chi connectivity index (χ1) is 13.7. The zero-order chi connectivity index (χ0) is 19.5. The monoisotopic (exact) mass is 399 g/mol. The van der Waals surface area contributed by atoms with Crippen molar-refractivity contribution in [2.75, 3.05) is 12.9 Å². The molecule has 0 spiro atoms. The van der Waals surface area contributed by atoms with Gasteiger partial charge in [0, 0.05) is 11.6 Å². The van der Waals surface area contributed by atoms with Crippen molar-refractivity contribution in [3.05, 3.63) is 48.4 Å². The molecule has 146 valence electrons. The van der Waals surface area contributed by atoms with Crippen LogP contribution in [-0.4, -0.2) is 39.9 Å². The molecule has 1 fully saturated rings. The maximum atomic E-state index is 12.8. The number of carbonyl (C=O) groups is 1. The smallest absolute Gasteiger partial charge is 0.277 e. The molecule has 0 aliphatic heterocycles. The summed E-state index contributed by atoms with van der Waals surface area (Å²) < 4.78 is 16.3. The van der Waals surface area contributed by atoms with E-state index in [0.29, 0.717) is 11.1 Å². The zero-order valence-electron chi connectivity index (χ0n) is 15.7. The number of benzene rings is 1. The number of thioether (sulfide) groups is 1. The Bertz CT molecular complexity index is 919. The van der Waals surface area contributed by atoms with E-state index >= 15 is 0 Å². The third kappa shape index (κ3) is 4.06. The number of methoxy groups -OCH3 is 1. The predicted molar refractivity (Wildman–Crippen MR) is 104 cm³/mol. The quantitative estimate of drug-likeness (QED) is 0.526. The highest BCUT2D eigenvalue weighted by Crippen LogP contribution is 2.35. The Kier molecular flexibility index (Phi) is 5.38. The van der Waals surface area contributed by atoms with Gasteiger partial charge in [-0.2, -0.15) is 0 Å². The van der Waals surface area contributed by atoms with Crippen LogP contribution in [0.3, 0.4) is 0 Å². The van der Waals surface area contributed by atoms with Gasteiger partial charge in [-0.1, -0.05) is 11.8 Å². The van der Waals surface area contributed by atoms with Crippen LogP contribution in [0.1, 0.15) is 31.6 Å². The fourth-order valence-corrected chi connectivity index (χ4v) is 3.70. The van der Waals surface area contributed by atoms with Gasteiger partial charge in [0.25, 0.3) is 5.22 Å². The lowest BCUT2D eigenvalue weighted by molar-refractivity contribution is -0.131. The molecule has 1 unspecified atom stereocenters. The van der Waals surface area contributed by atoms with Crippen LogP contribution in [-0.2, 0) is 4.79 Å². The van der Waals surface area contributed by atoms with E-state index in [1.165, 1.54) is 11.8 Å². The van der Waals surface area contributed by atoms with Crippen LogP contribution in [0, 0.1) is 0 Å². The molecule has 1 aliphatic carbocycles. The molecule has 28 heavy (non-hydrogen) atoms. The number of aromatic nitrogens is 2. The van der Waals surface area contributed by atoms with Gasteiger partial charge >= 0.3 is 0 Å². The molecule has 1 aliphatic rings. The van der Waals surface area contributed by atoms with E-state index in [4.69, 9.17) is 13.6 Å². The summed E-state index contributed by atoms with van der Waals surface area (Å²) in [7, 11) is 1.62. The third-order valence-electron chi connectivity index (χ3n) is 4.66. The maximum absolute atomic E-state index is 12.8. The van der Waals surface area contributed by atoms with Crippen molar-refractivity contribution in [3.8, 4) is 17.2 Å². The second kappa shape index (κ2) is 8.10. The van der Waals surface area contributed by atoms with E-state index in [1.54, 1.807) is 13.4 Å². The number of ether oxygens (including phenoxy) is 1. The van der Waals surface area contributed by atoms with E-state index in [2.05, 4.69) is 10.2 Å². The van der Waals surface area contributed by atoms with Crippen molar-refractivity contribution in [1.82, 2.24) is 15.1 Å². The average Bonchev–Trinajstić information content (AvgIpc) is 3.21. The Labute approximate surface area is 167 Å². The van der Waals surface area contributed by atoms with Crippen LogP contribution in [0.2, 0.25) is 0 Å². The summed E-state index contributed by atoms with van der Waals surface area (Å²) in [6.45, 7) is 1.99. The van der Waals surface area contributed by atoms with Crippen LogP contribution in [0.25, 0.3) is 11.5 Å². The minimum Gasteiger partial charge on any atom is -0.497 e. The lowest BCUT2D eigenvalue weighted by Gasteiger charge is -2.27. The summed E-state index contributed by atoms with van der Waals surface area (Å²) in [5.41, 5.74) is 0.803. The molecule has 0 radical (unpaired) electrons. The largest absolute Gasteiger partial charge is 0.497 e. The fourth-order valence-electron chi connectivity index (χ4n) is 3.07. The summed E-state index contributed by atoms with van der Waals surface area (Å²) in [6, 6.07) is 11.3. The van der Waals surface area contributed by atoms with Crippen molar-refractivity contribution < 1.29 is 18.4 Å². The minimum atomic E-state index is -0.0897. The Morgan fingerprint density at radius 3 is 2.71 bits per heavy atom. The van der Waals surface area contributed by atoms with Crippen LogP contribution < -0.4 is 4.74 Å². The van der Waals surface area contributed by atoms with E-state index in [9.17, 15) is 4.79 Å². The molecule has 4 rings (SSSR count). The molecule has 1 saturated carbocycles. The third-order valence-corrected chi connectivity index (χ3v) is 5.47. The first-order valence-corrected chi connectivity index (χ1v) is 10.1. The van der Waals surface area contributed by atoms with E-state index in [-0.39, 0.29) is 23.7 Å². The molecular weight excluding hydrogens is 378 g/mol. The Hall–Kier alpha value is -2.74. The van der Waals surface area contributed by atoms with Crippen LogP contribution >= 0.6 is 11.8 Å². The van der Waals surface area contributed by atoms with Crippen molar-refractivity contribution in [2.45, 2.75) is 37.1 Å². The molecular formula is C20H21N3O4S. The summed E-state index contributed by atoms with van der Waals surface area (Å²) in [4.78, 5) is 14.8.